The van der Waals surface area contributed by atoms with E-state index in [1.165, 1.54) is 31.2 Å². The third-order valence-corrected chi connectivity index (χ3v) is 18.5. The molecule has 0 aliphatic carbocycles. The van der Waals surface area contributed by atoms with Crippen LogP contribution in [0.15, 0.2) is 146 Å². The van der Waals surface area contributed by atoms with E-state index in [-0.39, 0.29) is 127 Å². The van der Waals surface area contributed by atoms with Gasteiger partial charge in [-0.3, -0.25) is 63.6 Å². The number of benzene rings is 5. The topological polar surface area (TPSA) is 606 Å². The Morgan fingerprint density at radius 3 is 0.870 bits per heavy atom. The standard InChI is InChI=1S/C80H115N21O14/c1-50(84)68(104)93-57(30-14-17-39-81)70(106)96-61(34-21-43-90-80(87)88)74(110)99-64(45-52-24-8-3-9-25-52)76(112)98-62(44-51-22-6-2-7-23-51)69(105)91-49-67(103)92-63(47-55-35-37-56(102)38-36-55)75(111)97-58(31-15-18-40-82)71(107)95-60(33-20-42-89-79(85)86)72(108)94-59(32-16-19-41-83)73(109)100-65(46-53-26-10-4-11-27-53)77(113)101-66(78(114)115)48-54-28-12-5-13-29-54/h2-13,22-29,35-38,50,57-66,102H,14-21,30-34,39-49,81-84H2,1H3,(H,91,105)(H,92,103)(H,93,104)(H,94,108)(H,95,107)(H,96,106)(H,97,111)(H,98,112)(H,99,110)(H,100,109)(H,101,113)(H,114,115)(H4,85,86,89)(H4,87,88,90)/t50-,57-,58-,59-,60-,61-,62-,63-,64-,65-,66-/m0/s1. The van der Waals surface area contributed by atoms with E-state index >= 15 is 0 Å². The van der Waals surface area contributed by atoms with Crippen LogP contribution in [-0.4, -0.2) is 199 Å². The quantitative estimate of drug-likeness (QED) is 0.0116. The number of aromatic hydroxyl groups is 1. The van der Waals surface area contributed by atoms with Gasteiger partial charge in [0.05, 0.1) is 12.6 Å². The van der Waals surface area contributed by atoms with Crippen LogP contribution >= 0.6 is 0 Å². The molecule has 0 aliphatic rings. The van der Waals surface area contributed by atoms with Gasteiger partial charge in [-0.25, -0.2) is 4.79 Å². The van der Waals surface area contributed by atoms with E-state index in [9.17, 15) is 67.7 Å². The Bertz CT molecular complexity index is 3930. The molecule has 115 heavy (non-hydrogen) atoms. The molecule has 0 aromatic heterocycles. The number of carbonyl (C=O) groups excluding carboxylic acids is 11. The van der Waals surface area contributed by atoms with Crippen molar-refractivity contribution in [3.63, 3.8) is 0 Å². The highest BCUT2D eigenvalue weighted by molar-refractivity contribution is 5.99. The van der Waals surface area contributed by atoms with Crippen molar-refractivity contribution in [1.29, 1.82) is 10.8 Å². The lowest BCUT2D eigenvalue weighted by Crippen LogP contribution is -2.60. The Morgan fingerprint density at radius 2 is 0.574 bits per heavy atom. The van der Waals surface area contributed by atoms with Crippen LogP contribution in [0.25, 0.3) is 0 Å². The third-order valence-electron chi connectivity index (χ3n) is 18.5. The highest BCUT2D eigenvalue weighted by Gasteiger charge is 2.36. The molecule has 35 nitrogen and oxygen atoms in total. The predicted octanol–water partition coefficient (Wildman–Crippen LogP) is -1.78. The van der Waals surface area contributed by atoms with Crippen molar-refractivity contribution in [3.05, 3.63) is 173 Å². The molecule has 0 fully saturated rings. The van der Waals surface area contributed by atoms with Gasteiger partial charge in [0.2, 0.25) is 65.0 Å². The normalized spacial score (nSPS) is 13.8. The van der Waals surface area contributed by atoms with Crippen LogP contribution in [0.1, 0.15) is 118 Å². The summed E-state index contributed by atoms with van der Waals surface area (Å²) in [7, 11) is 0. The number of rotatable bonds is 53. The molecule has 5 aromatic rings. The van der Waals surface area contributed by atoms with Gasteiger partial charge in [-0.1, -0.05) is 133 Å². The maximum atomic E-state index is 14.9. The van der Waals surface area contributed by atoms with Crippen LogP contribution in [0.2, 0.25) is 0 Å². The monoisotopic (exact) mass is 1590 g/mol. The lowest BCUT2D eigenvalue weighted by Gasteiger charge is -2.28. The second-order valence-corrected chi connectivity index (χ2v) is 28.0. The van der Waals surface area contributed by atoms with Gasteiger partial charge in [-0.05, 0) is 150 Å². The first-order valence-electron chi connectivity index (χ1n) is 38.7. The molecular formula is C80H115N21O14. The fourth-order valence-electron chi connectivity index (χ4n) is 12.2. The number of phenols is 1. The number of aliphatic carboxylic acids is 1. The number of nitrogens with one attached hydrogen (secondary N) is 15. The van der Waals surface area contributed by atoms with Crippen molar-refractivity contribution in [2.45, 2.75) is 189 Å². The maximum Gasteiger partial charge on any atom is 0.326 e. The summed E-state index contributed by atoms with van der Waals surface area (Å²) in [6.07, 6.45) is 1.72. The molecule has 5 rings (SSSR count). The Balaban J connectivity index is 1.42. The first kappa shape index (κ1) is 93.5. The van der Waals surface area contributed by atoms with Crippen molar-refractivity contribution >= 4 is 82.9 Å². The Labute approximate surface area is 669 Å². The van der Waals surface area contributed by atoms with Crippen molar-refractivity contribution in [2.75, 3.05) is 39.3 Å². The molecule has 11 atom stereocenters. The minimum absolute atomic E-state index is 0.0146. The zero-order valence-corrected chi connectivity index (χ0v) is 64.9. The molecule has 624 valence electrons. The van der Waals surface area contributed by atoms with E-state index in [0.29, 0.717) is 66.5 Å². The number of hydrogen-bond acceptors (Lipinski definition) is 19. The number of hydrogen-bond donors (Lipinski definition) is 23. The van der Waals surface area contributed by atoms with Crippen molar-refractivity contribution in [2.24, 2.45) is 34.4 Å². The minimum atomic E-state index is -1.52. The first-order valence-corrected chi connectivity index (χ1v) is 38.7. The summed E-state index contributed by atoms with van der Waals surface area (Å²) >= 11 is 0. The van der Waals surface area contributed by atoms with Gasteiger partial charge in [-0.2, -0.15) is 0 Å². The Kier molecular flexibility index (Phi) is 41.9. The number of carboxylic acids is 1. The molecule has 0 unspecified atom stereocenters. The molecule has 0 heterocycles. The molecule has 0 aliphatic heterocycles. The number of phenolic OH excluding ortho intramolecular Hbond substituents is 1. The van der Waals surface area contributed by atoms with Gasteiger partial charge in [0, 0.05) is 45.2 Å². The summed E-state index contributed by atoms with van der Waals surface area (Å²) in [6.45, 7) is 1.50. The highest BCUT2D eigenvalue weighted by atomic mass is 16.4. The van der Waals surface area contributed by atoms with Gasteiger partial charge < -0.3 is 114 Å². The van der Waals surface area contributed by atoms with E-state index < -0.39 is 144 Å². The van der Waals surface area contributed by atoms with E-state index in [0.717, 1.165) is 0 Å². The summed E-state index contributed by atoms with van der Waals surface area (Å²) in [4.78, 5) is 171. The SMILES string of the molecule is C[C@H](N)C(=O)N[C@@H](CCCCN)C(=O)N[C@@H](CCCNC(=N)N)C(=O)N[C@@H](Cc1ccccc1)C(=O)N[C@@H](Cc1ccccc1)C(=O)NCC(=O)N[C@@H](Cc1ccc(O)cc1)C(=O)N[C@@H](CCCCN)C(=O)N[C@@H](CCCNC(=N)N)C(=O)N[C@@H](CCCCN)C(=O)N[C@@H](Cc1ccccc1)C(=O)N[C@@H](Cc1ccccc1)C(=O)O. The smallest absolute Gasteiger partial charge is 0.326 e. The molecule has 0 radical (unpaired) electrons. The van der Waals surface area contributed by atoms with Gasteiger partial charge >= 0.3 is 5.97 Å². The van der Waals surface area contributed by atoms with Gasteiger partial charge in [-0.15, -0.1) is 0 Å². The zero-order chi connectivity index (χ0) is 84.0. The van der Waals surface area contributed by atoms with Crippen LogP contribution in [-0.2, 0) is 89.6 Å². The van der Waals surface area contributed by atoms with Crippen LogP contribution in [0.4, 0.5) is 0 Å². The number of carbonyl (C=O) groups is 12. The second-order valence-electron chi connectivity index (χ2n) is 28.0. The van der Waals surface area contributed by atoms with Crippen molar-refractivity contribution < 1.29 is 67.7 Å². The average molecular weight is 1590 g/mol. The van der Waals surface area contributed by atoms with Crippen LogP contribution in [0.3, 0.4) is 0 Å². The fourth-order valence-corrected chi connectivity index (χ4v) is 12.2. The zero-order valence-electron chi connectivity index (χ0n) is 64.9. The number of amides is 11. The van der Waals surface area contributed by atoms with Crippen molar-refractivity contribution in [1.82, 2.24) is 69.1 Å². The lowest BCUT2D eigenvalue weighted by molar-refractivity contribution is -0.142. The van der Waals surface area contributed by atoms with E-state index in [2.05, 4.69) is 69.1 Å². The first-order chi connectivity index (χ1) is 55.2. The molecular weight excluding hydrogens is 1480 g/mol. The molecule has 11 amide bonds. The van der Waals surface area contributed by atoms with Crippen LogP contribution in [0.5, 0.6) is 5.75 Å². The summed E-state index contributed by atoms with van der Waals surface area (Å²) in [6, 6.07) is 25.2. The second kappa shape index (κ2) is 51.5. The molecule has 0 saturated carbocycles. The fraction of sp³-hybridized carbons (Fsp3) is 0.450. The predicted molar refractivity (Wildman–Crippen MR) is 433 cm³/mol. The van der Waals surface area contributed by atoms with E-state index in [4.69, 9.17) is 45.2 Å². The number of carboxylic acid groups (broad SMARTS) is 1. The van der Waals surface area contributed by atoms with Crippen molar-refractivity contribution in [3.8, 4) is 5.75 Å². The summed E-state index contributed by atoms with van der Waals surface area (Å²) in [5, 5.41) is 70.8. The van der Waals surface area contributed by atoms with E-state index in [1.807, 2.05) is 0 Å². The molecule has 0 saturated heterocycles. The Morgan fingerprint density at radius 1 is 0.322 bits per heavy atom. The largest absolute Gasteiger partial charge is 0.508 e. The number of nitrogens with two attached hydrogens (primary N) is 6. The van der Waals surface area contributed by atoms with Gasteiger partial charge in [0.1, 0.15) is 66.2 Å². The Hall–Kier alpha value is -12.1. The van der Waals surface area contributed by atoms with Crippen LogP contribution in [0, 0.1) is 10.8 Å². The molecule has 5 aromatic carbocycles. The van der Waals surface area contributed by atoms with Crippen LogP contribution < -0.4 is 104 Å². The highest BCUT2D eigenvalue weighted by Crippen LogP contribution is 2.16. The molecule has 29 N–H and O–H groups in total. The summed E-state index contributed by atoms with van der Waals surface area (Å²) < 4.78 is 0. The number of unbranched alkanes of at least 4 members (excludes halogenated alkanes) is 3. The molecule has 0 spiro atoms. The third kappa shape index (κ3) is 36.1. The maximum absolute atomic E-state index is 14.9. The average Bonchev–Trinajstić information content (AvgIpc) is 0.854. The van der Waals surface area contributed by atoms with Gasteiger partial charge in [0.15, 0.2) is 11.9 Å². The molecule has 35 heteroatoms. The minimum Gasteiger partial charge on any atom is -0.508 e. The summed E-state index contributed by atoms with van der Waals surface area (Å²) in [5.74, 6) is -11.3. The molecule has 0 bridgehead atoms. The lowest BCUT2D eigenvalue weighted by atomic mass is 10.0. The summed E-state index contributed by atoms with van der Waals surface area (Å²) in [5.41, 5.74) is 37.3. The number of guanidine groups is 2. The van der Waals surface area contributed by atoms with Gasteiger partial charge in [0.25, 0.3) is 0 Å². The van der Waals surface area contributed by atoms with E-state index in [1.54, 1.807) is 121 Å².